The zero-order chi connectivity index (χ0) is 14.5. The Morgan fingerprint density at radius 1 is 1.47 bits per heavy atom. The number of anilines is 1. The first kappa shape index (κ1) is 15.3. The fraction of sp³-hybridized carbons (Fsp3) is 0.273. The minimum Gasteiger partial charge on any atom is -0.362 e. The van der Waals surface area contributed by atoms with Crippen molar-refractivity contribution in [2.45, 2.75) is 6.18 Å². The first-order chi connectivity index (χ1) is 8.81. The molecule has 0 aromatic heterocycles. The van der Waals surface area contributed by atoms with Crippen molar-refractivity contribution in [2.75, 3.05) is 18.5 Å². The quantitative estimate of drug-likeness (QED) is 0.928. The van der Waals surface area contributed by atoms with Gasteiger partial charge in [0.25, 0.3) is 0 Å². The monoisotopic (exact) mass is 292 g/mol. The lowest BCUT2D eigenvalue weighted by atomic mass is 10.2. The maximum absolute atomic E-state index is 11.8. The average Bonchev–Trinajstić information content (AvgIpc) is 2.30. The third-order valence-electron chi connectivity index (χ3n) is 1.87. The minimum absolute atomic E-state index is 0.114. The molecule has 0 bridgehead atoms. The number of rotatable bonds is 4. The number of nitrogens with zero attached hydrogens (tertiary/aromatic N) is 1. The van der Waals surface area contributed by atoms with E-state index in [2.05, 4.69) is 10.1 Å². The van der Waals surface area contributed by atoms with E-state index in [1.807, 2.05) is 6.07 Å². The molecule has 0 aliphatic carbocycles. The molecule has 1 amide bonds. The Morgan fingerprint density at radius 3 is 2.68 bits per heavy atom. The summed E-state index contributed by atoms with van der Waals surface area (Å²) in [5.74, 6) is -0.768. The molecule has 0 aliphatic rings. The maximum Gasteiger partial charge on any atom is 0.411 e. The number of benzene rings is 1. The Hall–Kier alpha value is -1.78. The van der Waals surface area contributed by atoms with E-state index < -0.39 is 25.3 Å². The van der Waals surface area contributed by atoms with Crippen LogP contribution < -0.4 is 5.32 Å². The molecular weight excluding hydrogens is 285 g/mol. The number of nitrogens with one attached hydrogen (secondary N) is 1. The summed E-state index contributed by atoms with van der Waals surface area (Å²) in [6.45, 7) is -2.24. The predicted molar refractivity (Wildman–Crippen MR) is 61.7 cm³/mol. The highest BCUT2D eigenvalue weighted by molar-refractivity contribution is 6.33. The van der Waals surface area contributed by atoms with Gasteiger partial charge in [-0.05, 0) is 18.2 Å². The van der Waals surface area contributed by atoms with Crippen LogP contribution in [0.4, 0.5) is 18.9 Å². The van der Waals surface area contributed by atoms with Crippen LogP contribution in [0.15, 0.2) is 18.2 Å². The fourth-order valence-electron chi connectivity index (χ4n) is 1.13. The third kappa shape index (κ3) is 5.59. The molecule has 8 heteroatoms. The van der Waals surface area contributed by atoms with Crippen molar-refractivity contribution in [1.29, 1.82) is 5.26 Å². The minimum atomic E-state index is -4.48. The van der Waals surface area contributed by atoms with Crippen LogP contribution in [0, 0.1) is 11.3 Å². The molecule has 0 atom stereocenters. The van der Waals surface area contributed by atoms with Crippen LogP contribution in [0.5, 0.6) is 0 Å². The topological polar surface area (TPSA) is 62.1 Å². The van der Waals surface area contributed by atoms with Crippen LogP contribution in [0.1, 0.15) is 5.56 Å². The van der Waals surface area contributed by atoms with Gasteiger partial charge in [0.15, 0.2) is 0 Å². The van der Waals surface area contributed by atoms with Gasteiger partial charge in [-0.15, -0.1) is 0 Å². The van der Waals surface area contributed by atoms with E-state index in [1.54, 1.807) is 0 Å². The molecule has 0 aliphatic heterocycles. The second-order valence-electron chi connectivity index (χ2n) is 3.46. The number of ether oxygens (including phenoxy) is 1. The van der Waals surface area contributed by atoms with E-state index >= 15 is 0 Å². The summed E-state index contributed by atoms with van der Waals surface area (Å²) in [5.41, 5.74) is 0.498. The molecule has 0 saturated carbocycles. The van der Waals surface area contributed by atoms with Gasteiger partial charge in [-0.2, -0.15) is 18.4 Å². The van der Waals surface area contributed by atoms with E-state index in [4.69, 9.17) is 16.9 Å². The number of carbonyl (C=O) groups excluding carboxylic acids is 1. The molecule has 0 unspecified atom stereocenters. The molecule has 0 saturated heterocycles. The highest BCUT2D eigenvalue weighted by Crippen LogP contribution is 2.22. The van der Waals surface area contributed by atoms with Crippen molar-refractivity contribution in [2.24, 2.45) is 0 Å². The second-order valence-corrected chi connectivity index (χ2v) is 3.87. The second kappa shape index (κ2) is 6.41. The standard InChI is InChI=1S/C11H8ClF3N2O2/c12-8-3-7(4-16)1-2-9(8)17-10(18)5-19-6-11(13,14)15/h1-3H,5-6H2,(H,17,18). The Balaban J connectivity index is 2.51. The SMILES string of the molecule is N#Cc1ccc(NC(=O)COCC(F)(F)F)c(Cl)c1. The van der Waals surface area contributed by atoms with Crippen molar-refractivity contribution in [3.63, 3.8) is 0 Å². The summed E-state index contributed by atoms with van der Waals surface area (Å²) < 4.78 is 39.5. The van der Waals surface area contributed by atoms with Crippen LogP contribution in [0.3, 0.4) is 0 Å². The Bertz CT molecular complexity index is 512. The van der Waals surface area contributed by atoms with E-state index in [0.717, 1.165) is 0 Å². The van der Waals surface area contributed by atoms with E-state index in [1.165, 1.54) is 18.2 Å². The van der Waals surface area contributed by atoms with Crippen molar-refractivity contribution in [3.8, 4) is 6.07 Å². The lowest BCUT2D eigenvalue weighted by molar-refractivity contribution is -0.174. The Morgan fingerprint density at radius 2 is 2.16 bits per heavy atom. The zero-order valence-corrected chi connectivity index (χ0v) is 10.2. The summed E-state index contributed by atoms with van der Waals surface area (Å²) in [7, 11) is 0. The summed E-state index contributed by atoms with van der Waals surface area (Å²) in [6.07, 6.45) is -4.48. The number of nitriles is 1. The van der Waals surface area contributed by atoms with Crippen LogP contribution in [0.2, 0.25) is 5.02 Å². The molecule has 1 aromatic carbocycles. The molecule has 19 heavy (non-hydrogen) atoms. The van der Waals surface area contributed by atoms with Gasteiger partial charge in [-0.25, -0.2) is 0 Å². The van der Waals surface area contributed by atoms with E-state index in [0.29, 0.717) is 5.56 Å². The smallest absolute Gasteiger partial charge is 0.362 e. The number of hydrogen-bond donors (Lipinski definition) is 1. The van der Waals surface area contributed by atoms with E-state index in [9.17, 15) is 18.0 Å². The van der Waals surface area contributed by atoms with Gasteiger partial charge in [0.1, 0.15) is 13.2 Å². The fourth-order valence-corrected chi connectivity index (χ4v) is 1.36. The predicted octanol–water partition coefficient (Wildman–Crippen LogP) is 2.73. The van der Waals surface area contributed by atoms with Gasteiger partial charge in [-0.3, -0.25) is 4.79 Å². The lowest BCUT2D eigenvalue weighted by Crippen LogP contribution is -2.24. The number of alkyl halides is 3. The van der Waals surface area contributed by atoms with Crippen LogP contribution in [0.25, 0.3) is 0 Å². The van der Waals surface area contributed by atoms with Crippen LogP contribution in [-0.4, -0.2) is 25.3 Å². The molecule has 0 radical (unpaired) electrons. The van der Waals surface area contributed by atoms with Gasteiger partial charge < -0.3 is 10.1 Å². The number of amides is 1. The Labute approximate surface area is 111 Å². The van der Waals surface area contributed by atoms with Crippen molar-refractivity contribution < 1.29 is 22.7 Å². The van der Waals surface area contributed by atoms with Gasteiger partial charge in [0.05, 0.1) is 22.3 Å². The van der Waals surface area contributed by atoms with Crippen molar-refractivity contribution >= 4 is 23.2 Å². The largest absolute Gasteiger partial charge is 0.411 e. The average molecular weight is 293 g/mol. The van der Waals surface area contributed by atoms with Crippen molar-refractivity contribution in [1.82, 2.24) is 0 Å². The molecule has 1 aromatic rings. The highest BCUT2D eigenvalue weighted by atomic mass is 35.5. The van der Waals surface area contributed by atoms with Gasteiger partial charge in [0, 0.05) is 0 Å². The highest BCUT2D eigenvalue weighted by Gasteiger charge is 2.27. The first-order valence-electron chi connectivity index (χ1n) is 4.96. The molecule has 0 heterocycles. The van der Waals surface area contributed by atoms with Crippen LogP contribution in [-0.2, 0) is 9.53 Å². The molecule has 0 fully saturated rings. The summed E-state index contributed by atoms with van der Waals surface area (Å²) in [4.78, 5) is 11.3. The van der Waals surface area contributed by atoms with Gasteiger partial charge in [-0.1, -0.05) is 11.6 Å². The molecule has 4 nitrogen and oxygen atoms in total. The molecular formula is C11H8ClF3N2O2. The molecule has 1 rings (SSSR count). The zero-order valence-electron chi connectivity index (χ0n) is 9.42. The summed E-state index contributed by atoms with van der Waals surface area (Å²) in [5, 5.41) is 11.0. The molecule has 0 spiro atoms. The van der Waals surface area contributed by atoms with Crippen LogP contribution >= 0.6 is 11.6 Å². The number of halogens is 4. The van der Waals surface area contributed by atoms with Gasteiger partial charge >= 0.3 is 6.18 Å². The summed E-state index contributed by atoms with van der Waals surface area (Å²) >= 11 is 5.77. The summed E-state index contributed by atoms with van der Waals surface area (Å²) in [6, 6.07) is 5.97. The lowest BCUT2D eigenvalue weighted by Gasteiger charge is -2.09. The molecule has 1 N–H and O–H groups in total. The Kier molecular flexibility index (Phi) is 5.15. The van der Waals surface area contributed by atoms with Crippen molar-refractivity contribution in [3.05, 3.63) is 28.8 Å². The third-order valence-corrected chi connectivity index (χ3v) is 2.18. The normalized spacial score (nSPS) is 10.9. The first-order valence-corrected chi connectivity index (χ1v) is 5.33. The van der Waals surface area contributed by atoms with E-state index in [-0.39, 0.29) is 10.7 Å². The number of hydrogen-bond acceptors (Lipinski definition) is 3. The van der Waals surface area contributed by atoms with Gasteiger partial charge in [0.2, 0.25) is 5.91 Å². The molecule has 102 valence electrons. The maximum atomic E-state index is 11.8. The number of carbonyl (C=O) groups is 1.